The van der Waals surface area contributed by atoms with Crippen molar-refractivity contribution < 1.29 is 22.4 Å². The summed E-state index contributed by atoms with van der Waals surface area (Å²) in [6, 6.07) is 2.17. The maximum absolute atomic E-state index is 13.2. The summed E-state index contributed by atoms with van der Waals surface area (Å²) < 4.78 is 50.7. The van der Waals surface area contributed by atoms with Gasteiger partial charge >= 0.3 is 6.18 Å². The first-order valence-corrected chi connectivity index (χ1v) is 5.64. The van der Waals surface area contributed by atoms with Crippen LogP contribution in [0, 0.1) is 5.82 Å². The lowest BCUT2D eigenvalue weighted by Crippen LogP contribution is -2.23. The SMILES string of the molecule is O=C(c1cn(-c2cc(Cl)c(F)c(Cl)c2)nn1)C(F)(F)F. The van der Waals surface area contributed by atoms with Crippen LogP contribution in [0.5, 0.6) is 0 Å². The quantitative estimate of drug-likeness (QED) is 0.482. The van der Waals surface area contributed by atoms with Crippen LogP contribution in [0.15, 0.2) is 18.3 Å². The van der Waals surface area contributed by atoms with Crippen LogP contribution in [0.4, 0.5) is 17.6 Å². The average molecular weight is 328 g/mol. The standard InChI is InChI=1S/C10H3Cl2F4N3O/c11-5-1-4(2-6(12)8(5)13)19-3-7(17-18-19)9(20)10(14,15)16/h1-3H. The lowest BCUT2D eigenvalue weighted by molar-refractivity contribution is -0.0888. The van der Waals surface area contributed by atoms with Gasteiger partial charge in [0, 0.05) is 0 Å². The van der Waals surface area contributed by atoms with E-state index in [2.05, 4.69) is 10.3 Å². The molecule has 0 unspecified atom stereocenters. The summed E-state index contributed by atoms with van der Waals surface area (Å²) in [5, 5.41) is 5.76. The fourth-order valence-electron chi connectivity index (χ4n) is 1.31. The number of carbonyl (C=O) groups is 1. The maximum atomic E-state index is 13.2. The Morgan fingerprint density at radius 3 is 2.25 bits per heavy atom. The molecule has 0 spiro atoms. The third-order valence-electron chi connectivity index (χ3n) is 2.22. The number of rotatable bonds is 2. The lowest BCUT2D eigenvalue weighted by Gasteiger charge is -2.03. The van der Waals surface area contributed by atoms with Gasteiger partial charge in [0.2, 0.25) is 0 Å². The minimum absolute atomic E-state index is 0.0649. The Hall–Kier alpha value is -1.67. The van der Waals surface area contributed by atoms with E-state index in [-0.39, 0.29) is 15.7 Å². The van der Waals surface area contributed by atoms with Gasteiger partial charge in [0.15, 0.2) is 11.5 Å². The van der Waals surface area contributed by atoms with Crippen molar-refractivity contribution in [3.63, 3.8) is 0 Å². The van der Waals surface area contributed by atoms with Crippen molar-refractivity contribution in [2.45, 2.75) is 6.18 Å². The van der Waals surface area contributed by atoms with Crippen LogP contribution in [-0.4, -0.2) is 27.0 Å². The summed E-state index contributed by atoms with van der Waals surface area (Å²) in [5.41, 5.74) is -0.829. The van der Waals surface area contributed by atoms with Crippen molar-refractivity contribution in [2.75, 3.05) is 0 Å². The Kier molecular flexibility index (Phi) is 3.70. The van der Waals surface area contributed by atoms with Crippen molar-refractivity contribution in [1.29, 1.82) is 0 Å². The number of Topliss-reactive ketones (excluding diaryl/α,β-unsaturated/α-hetero) is 1. The molecule has 0 atom stereocenters. The predicted octanol–water partition coefficient (Wildman–Crippen LogP) is 3.46. The van der Waals surface area contributed by atoms with Crippen LogP contribution >= 0.6 is 23.2 Å². The molecule has 1 aromatic carbocycles. The van der Waals surface area contributed by atoms with Gasteiger partial charge in [-0.15, -0.1) is 5.10 Å². The molecule has 1 heterocycles. The fourth-order valence-corrected chi connectivity index (χ4v) is 1.79. The number of nitrogens with zero attached hydrogens (tertiary/aromatic N) is 3. The van der Waals surface area contributed by atoms with E-state index in [1.165, 1.54) is 0 Å². The van der Waals surface area contributed by atoms with E-state index in [0.29, 0.717) is 0 Å². The molecule has 0 saturated heterocycles. The molecule has 2 aromatic rings. The van der Waals surface area contributed by atoms with Gasteiger partial charge in [-0.3, -0.25) is 4.79 Å². The molecule has 10 heteroatoms. The second-order valence-electron chi connectivity index (χ2n) is 3.60. The van der Waals surface area contributed by atoms with E-state index < -0.39 is 23.5 Å². The molecule has 2 rings (SSSR count). The summed E-state index contributed by atoms with van der Waals surface area (Å²) in [5.74, 6) is -3.01. The first kappa shape index (κ1) is 14.7. The zero-order valence-corrected chi connectivity index (χ0v) is 10.8. The highest BCUT2D eigenvalue weighted by Crippen LogP contribution is 2.27. The van der Waals surface area contributed by atoms with Gasteiger partial charge < -0.3 is 0 Å². The van der Waals surface area contributed by atoms with E-state index in [1.54, 1.807) is 0 Å². The molecule has 0 fully saturated rings. The summed E-state index contributed by atoms with van der Waals surface area (Å²) in [4.78, 5) is 10.9. The molecular weight excluding hydrogens is 325 g/mol. The molecule has 0 aliphatic rings. The predicted molar refractivity (Wildman–Crippen MR) is 61.7 cm³/mol. The number of hydrogen-bond acceptors (Lipinski definition) is 3. The molecule has 0 bridgehead atoms. The average Bonchev–Trinajstić information content (AvgIpc) is 2.82. The van der Waals surface area contributed by atoms with Gasteiger partial charge in [0.25, 0.3) is 5.78 Å². The van der Waals surface area contributed by atoms with Crippen LogP contribution < -0.4 is 0 Å². The largest absolute Gasteiger partial charge is 0.456 e. The van der Waals surface area contributed by atoms with Crippen LogP contribution in [0.2, 0.25) is 10.0 Å². The van der Waals surface area contributed by atoms with Gasteiger partial charge in [-0.05, 0) is 12.1 Å². The monoisotopic (exact) mass is 327 g/mol. The highest BCUT2D eigenvalue weighted by molar-refractivity contribution is 6.35. The van der Waals surface area contributed by atoms with E-state index in [9.17, 15) is 22.4 Å². The number of aromatic nitrogens is 3. The molecule has 20 heavy (non-hydrogen) atoms. The molecule has 0 amide bonds. The van der Waals surface area contributed by atoms with E-state index >= 15 is 0 Å². The Morgan fingerprint density at radius 2 is 1.75 bits per heavy atom. The van der Waals surface area contributed by atoms with Crippen LogP contribution in [0.25, 0.3) is 5.69 Å². The maximum Gasteiger partial charge on any atom is 0.456 e. The highest BCUT2D eigenvalue weighted by Gasteiger charge is 2.41. The van der Waals surface area contributed by atoms with Gasteiger partial charge in [-0.2, -0.15) is 13.2 Å². The normalized spacial score (nSPS) is 11.7. The number of benzene rings is 1. The van der Waals surface area contributed by atoms with Crippen LogP contribution in [0.3, 0.4) is 0 Å². The minimum atomic E-state index is -5.06. The number of carbonyl (C=O) groups excluding carboxylic acids is 1. The molecule has 0 saturated carbocycles. The molecule has 0 N–H and O–H groups in total. The number of alkyl halides is 3. The number of ketones is 1. The molecular formula is C10H3Cl2F4N3O. The van der Waals surface area contributed by atoms with Gasteiger partial charge in [0.1, 0.15) is 0 Å². The second kappa shape index (κ2) is 5.02. The Morgan fingerprint density at radius 1 is 1.20 bits per heavy atom. The number of hydrogen-bond donors (Lipinski definition) is 0. The molecule has 4 nitrogen and oxygen atoms in total. The van der Waals surface area contributed by atoms with E-state index in [4.69, 9.17) is 23.2 Å². The highest BCUT2D eigenvalue weighted by atomic mass is 35.5. The molecule has 106 valence electrons. The van der Waals surface area contributed by atoms with Gasteiger partial charge in [-0.1, -0.05) is 28.4 Å². The van der Waals surface area contributed by atoms with E-state index in [1.807, 2.05) is 0 Å². The second-order valence-corrected chi connectivity index (χ2v) is 4.41. The Bertz CT molecular complexity index is 660. The van der Waals surface area contributed by atoms with Gasteiger partial charge in [0.05, 0.1) is 21.9 Å². The van der Waals surface area contributed by atoms with E-state index in [0.717, 1.165) is 23.0 Å². The smallest absolute Gasteiger partial charge is 0.282 e. The molecule has 1 aromatic heterocycles. The summed E-state index contributed by atoms with van der Waals surface area (Å²) in [7, 11) is 0. The summed E-state index contributed by atoms with van der Waals surface area (Å²) in [6.45, 7) is 0. The summed E-state index contributed by atoms with van der Waals surface area (Å²) in [6.07, 6.45) is -4.31. The third kappa shape index (κ3) is 2.75. The minimum Gasteiger partial charge on any atom is -0.282 e. The fraction of sp³-hybridized carbons (Fsp3) is 0.100. The van der Waals surface area contributed by atoms with Crippen molar-refractivity contribution in [2.24, 2.45) is 0 Å². The molecule has 0 aliphatic carbocycles. The Balaban J connectivity index is 2.42. The van der Waals surface area contributed by atoms with Crippen molar-refractivity contribution in [3.8, 4) is 5.69 Å². The third-order valence-corrected chi connectivity index (χ3v) is 2.77. The van der Waals surface area contributed by atoms with Gasteiger partial charge in [-0.25, -0.2) is 9.07 Å². The zero-order chi connectivity index (χ0) is 15.1. The first-order valence-electron chi connectivity index (χ1n) is 4.89. The molecule has 0 aliphatic heterocycles. The van der Waals surface area contributed by atoms with Crippen LogP contribution in [-0.2, 0) is 0 Å². The Labute approximate surface area is 118 Å². The van der Waals surface area contributed by atoms with Crippen LogP contribution in [0.1, 0.15) is 10.5 Å². The summed E-state index contributed by atoms with van der Waals surface area (Å²) >= 11 is 11.1. The first-order chi connectivity index (χ1) is 9.20. The van der Waals surface area contributed by atoms with Crippen molar-refractivity contribution in [3.05, 3.63) is 39.9 Å². The zero-order valence-electron chi connectivity index (χ0n) is 9.25. The topological polar surface area (TPSA) is 47.8 Å². The lowest BCUT2D eigenvalue weighted by atomic mass is 10.3. The number of halogens is 6. The van der Waals surface area contributed by atoms with Crippen molar-refractivity contribution >= 4 is 29.0 Å². The molecule has 0 radical (unpaired) electrons. The van der Waals surface area contributed by atoms with Crippen molar-refractivity contribution in [1.82, 2.24) is 15.0 Å².